The number of thiocarbonyl (C=S) groups is 1. The van der Waals surface area contributed by atoms with E-state index < -0.39 is 5.72 Å². The lowest BCUT2D eigenvalue weighted by Gasteiger charge is -2.31. The van der Waals surface area contributed by atoms with E-state index in [1.165, 1.54) is 5.01 Å². The summed E-state index contributed by atoms with van der Waals surface area (Å²) in [5.74, 6) is 0. The van der Waals surface area contributed by atoms with Gasteiger partial charge in [0.05, 0.1) is 5.71 Å². The van der Waals surface area contributed by atoms with Crippen molar-refractivity contribution in [2.24, 2.45) is 10.8 Å². The van der Waals surface area contributed by atoms with Gasteiger partial charge in [0, 0.05) is 12.0 Å². The summed E-state index contributed by atoms with van der Waals surface area (Å²) >= 11 is 5.04. The van der Waals surface area contributed by atoms with Crippen LogP contribution < -0.4 is 5.73 Å². The quantitative estimate of drug-likeness (QED) is 0.834. The van der Waals surface area contributed by atoms with E-state index in [4.69, 9.17) is 18.0 Å². The molecule has 1 atom stereocenters. The van der Waals surface area contributed by atoms with Crippen LogP contribution in [0.5, 0.6) is 0 Å². The van der Waals surface area contributed by atoms with Crippen molar-refractivity contribution in [2.75, 3.05) is 0 Å². The molecule has 3 rings (SSSR count). The number of hydrogen-bond acceptors (Lipinski definition) is 3. The summed E-state index contributed by atoms with van der Waals surface area (Å²) in [6, 6.07) is 19.0. The number of nitrogens with zero attached hydrogens (tertiary/aromatic N) is 2. The normalized spacial score (nSPS) is 21.2. The van der Waals surface area contributed by atoms with E-state index in [0.717, 1.165) is 11.3 Å². The highest BCUT2D eigenvalue weighted by atomic mass is 32.1. The second-order valence-electron chi connectivity index (χ2n) is 4.92. The van der Waals surface area contributed by atoms with Gasteiger partial charge in [0.1, 0.15) is 0 Å². The fourth-order valence-corrected chi connectivity index (χ4v) is 2.69. The Balaban J connectivity index is 2.03. The third-order valence-electron chi connectivity index (χ3n) is 3.54. The van der Waals surface area contributed by atoms with Gasteiger partial charge in [-0.15, -0.1) is 0 Å². The zero-order chi connectivity index (χ0) is 14.9. The summed E-state index contributed by atoms with van der Waals surface area (Å²) in [7, 11) is 0. The SMILES string of the molecule is NC(=S)N1N=C(c2ccccc2)CC1(O)c1ccccc1. The van der Waals surface area contributed by atoms with Gasteiger partial charge >= 0.3 is 0 Å². The first kappa shape index (κ1) is 13.7. The summed E-state index contributed by atoms with van der Waals surface area (Å²) < 4.78 is 0. The topological polar surface area (TPSA) is 61.8 Å². The zero-order valence-corrected chi connectivity index (χ0v) is 12.1. The summed E-state index contributed by atoms with van der Waals surface area (Å²) in [5.41, 5.74) is 6.83. The van der Waals surface area contributed by atoms with Gasteiger partial charge in [-0.3, -0.25) is 0 Å². The van der Waals surface area contributed by atoms with E-state index >= 15 is 0 Å². The fourth-order valence-electron chi connectivity index (χ4n) is 2.50. The molecule has 21 heavy (non-hydrogen) atoms. The van der Waals surface area contributed by atoms with Gasteiger partial charge in [-0.25, -0.2) is 5.01 Å². The van der Waals surface area contributed by atoms with Crippen molar-refractivity contribution >= 4 is 23.0 Å². The second-order valence-corrected chi connectivity index (χ2v) is 5.34. The zero-order valence-electron chi connectivity index (χ0n) is 11.3. The molecule has 2 aromatic carbocycles. The molecule has 0 aliphatic carbocycles. The second kappa shape index (κ2) is 5.27. The van der Waals surface area contributed by atoms with Crippen molar-refractivity contribution in [1.29, 1.82) is 0 Å². The van der Waals surface area contributed by atoms with Gasteiger partial charge in [-0.05, 0) is 17.8 Å². The lowest BCUT2D eigenvalue weighted by Crippen LogP contribution is -2.45. The lowest BCUT2D eigenvalue weighted by molar-refractivity contribution is -0.0564. The van der Waals surface area contributed by atoms with Crippen LogP contribution in [-0.2, 0) is 5.72 Å². The molecular weight excluding hydrogens is 282 g/mol. The lowest BCUT2D eigenvalue weighted by atomic mass is 9.95. The van der Waals surface area contributed by atoms with Crippen molar-refractivity contribution < 1.29 is 5.11 Å². The van der Waals surface area contributed by atoms with Crippen LogP contribution >= 0.6 is 12.2 Å². The Morgan fingerprint density at radius 2 is 1.67 bits per heavy atom. The molecule has 4 nitrogen and oxygen atoms in total. The van der Waals surface area contributed by atoms with Gasteiger partial charge in [-0.1, -0.05) is 60.7 Å². The molecular formula is C16H15N3OS. The maximum absolute atomic E-state index is 11.1. The fraction of sp³-hybridized carbons (Fsp3) is 0.125. The van der Waals surface area contributed by atoms with Crippen LogP contribution in [0.4, 0.5) is 0 Å². The first-order valence-electron chi connectivity index (χ1n) is 6.62. The van der Waals surface area contributed by atoms with Crippen LogP contribution in [0.3, 0.4) is 0 Å². The number of hydrogen-bond donors (Lipinski definition) is 2. The van der Waals surface area contributed by atoms with Crippen molar-refractivity contribution in [1.82, 2.24) is 5.01 Å². The van der Waals surface area contributed by atoms with Gasteiger partial charge in [-0.2, -0.15) is 5.10 Å². The standard InChI is InChI=1S/C16H15N3OS/c17-15(21)19-16(20,13-9-5-2-6-10-13)11-14(18-19)12-7-3-1-4-8-12/h1-10,20H,11H2,(H2,17,21). The minimum Gasteiger partial charge on any atom is -0.375 e. The van der Waals surface area contributed by atoms with Gasteiger partial charge in [0.25, 0.3) is 0 Å². The Hall–Kier alpha value is -2.24. The van der Waals surface area contributed by atoms with E-state index in [-0.39, 0.29) is 5.11 Å². The number of aliphatic hydroxyl groups is 1. The number of benzene rings is 2. The maximum atomic E-state index is 11.1. The van der Waals surface area contributed by atoms with Gasteiger partial charge < -0.3 is 10.8 Å². The smallest absolute Gasteiger partial charge is 0.192 e. The third-order valence-corrected chi connectivity index (χ3v) is 3.71. The Kier molecular flexibility index (Phi) is 3.45. The Morgan fingerprint density at radius 3 is 2.24 bits per heavy atom. The summed E-state index contributed by atoms with van der Waals surface area (Å²) in [6.07, 6.45) is 0.332. The Bertz CT molecular complexity index is 687. The monoisotopic (exact) mass is 297 g/mol. The van der Waals surface area contributed by atoms with Crippen molar-refractivity contribution in [3.63, 3.8) is 0 Å². The highest BCUT2D eigenvalue weighted by Crippen LogP contribution is 2.36. The molecule has 0 spiro atoms. The molecule has 0 radical (unpaired) electrons. The van der Waals surface area contributed by atoms with Crippen molar-refractivity contribution in [2.45, 2.75) is 12.1 Å². The summed E-state index contributed by atoms with van der Waals surface area (Å²) in [6.45, 7) is 0. The number of nitrogens with two attached hydrogens (primary N) is 1. The van der Waals surface area contributed by atoms with Crippen LogP contribution in [0.2, 0.25) is 0 Å². The maximum Gasteiger partial charge on any atom is 0.192 e. The molecule has 0 bridgehead atoms. The van der Waals surface area contributed by atoms with E-state index in [1.807, 2.05) is 60.7 Å². The molecule has 1 unspecified atom stereocenters. The van der Waals surface area contributed by atoms with Crippen LogP contribution in [0.25, 0.3) is 0 Å². The third kappa shape index (κ3) is 2.41. The summed E-state index contributed by atoms with van der Waals surface area (Å²) in [5, 5.41) is 16.9. The minimum atomic E-state index is -1.34. The molecule has 106 valence electrons. The molecule has 1 aliphatic rings. The number of rotatable bonds is 2. The molecule has 3 N–H and O–H groups in total. The molecule has 0 saturated heterocycles. The van der Waals surface area contributed by atoms with E-state index in [9.17, 15) is 5.11 Å². The first-order valence-corrected chi connectivity index (χ1v) is 7.02. The van der Waals surface area contributed by atoms with Crippen LogP contribution in [0, 0.1) is 0 Å². The molecule has 0 aromatic heterocycles. The molecule has 0 fully saturated rings. The van der Waals surface area contributed by atoms with Crippen molar-refractivity contribution in [3.05, 3.63) is 71.8 Å². The first-order chi connectivity index (χ1) is 10.1. The van der Waals surface area contributed by atoms with E-state index in [2.05, 4.69) is 5.10 Å². The predicted octanol–water partition coefficient (Wildman–Crippen LogP) is 2.19. The predicted molar refractivity (Wildman–Crippen MR) is 86.6 cm³/mol. The summed E-state index contributed by atoms with van der Waals surface area (Å²) in [4.78, 5) is 0. The minimum absolute atomic E-state index is 0.0484. The van der Waals surface area contributed by atoms with Gasteiger partial charge in [0.15, 0.2) is 10.8 Å². The largest absolute Gasteiger partial charge is 0.375 e. The Labute approximate surface area is 128 Å². The van der Waals surface area contributed by atoms with Crippen LogP contribution in [-0.4, -0.2) is 20.9 Å². The highest BCUT2D eigenvalue weighted by Gasteiger charge is 2.44. The molecule has 1 aliphatic heterocycles. The highest BCUT2D eigenvalue weighted by molar-refractivity contribution is 7.80. The van der Waals surface area contributed by atoms with E-state index in [1.54, 1.807) is 0 Å². The van der Waals surface area contributed by atoms with Gasteiger partial charge in [0.2, 0.25) is 0 Å². The number of hydrazone groups is 1. The van der Waals surface area contributed by atoms with Crippen LogP contribution in [0.1, 0.15) is 17.5 Å². The molecule has 2 aromatic rings. The van der Waals surface area contributed by atoms with E-state index in [0.29, 0.717) is 12.0 Å². The molecule has 1 heterocycles. The molecule has 5 heteroatoms. The average Bonchev–Trinajstić information content (AvgIpc) is 2.89. The Morgan fingerprint density at radius 1 is 1.10 bits per heavy atom. The molecule has 0 amide bonds. The average molecular weight is 297 g/mol. The van der Waals surface area contributed by atoms with Crippen molar-refractivity contribution in [3.8, 4) is 0 Å². The molecule has 0 saturated carbocycles. The van der Waals surface area contributed by atoms with Crippen LogP contribution in [0.15, 0.2) is 65.8 Å².